The van der Waals surface area contributed by atoms with Crippen LogP contribution in [0.5, 0.6) is 11.5 Å². The molecule has 0 aromatic heterocycles. The minimum absolute atomic E-state index is 0.0946. The van der Waals surface area contributed by atoms with E-state index in [2.05, 4.69) is 0 Å². The molecule has 21 heavy (non-hydrogen) atoms. The van der Waals surface area contributed by atoms with Crippen molar-refractivity contribution in [1.82, 2.24) is 9.80 Å². The zero-order valence-corrected chi connectivity index (χ0v) is 13.4. The predicted octanol–water partition coefficient (Wildman–Crippen LogP) is 2.12. The van der Waals surface area contributed by atoms with Crippen molar-refractivity contribution in [2.45, 2.75) is 6.92 Å². The van der Waals surface area contributed by atoms with Gasteiger partial charge in [0.1, 0.15) is 17.2 Å². The average molecular weight is 306 g/mol. The Labute approximate surface area is 129 Å². The standard InChI is InChI=1S/C15H18N2O3S/c1-5-17-14(18)12(16(2)15(17)21)8-10-6-7-11(19-3)9-13(10)20-4/h6-9H,5H2,1-4H3. The summed E-state index contributed by atoms with van der Waals surface area (Å²) in [5, 5.41) is 0.515. The molecule has 0 aliphatic carbocycles. The molecule has 1 saturated heterocycles. The lowest BCUT2D eigenvalue weighted by molar-refractivity contribution is -0.122. The van der Waals surface area contributed by atoms with Gasteiger partial charge in [-0.3, -0.25) is 9.69 Å². The zero-order chi connectivity index (χ0) is 15.6. The molecule has 0 radical (unpaired) electrons. The number of ether oxygens (including phenoxy) is 2. The van der Waals surface area contributed by atoms with Crippen molar-refractivity contribution >= 4 is 29.3 Å². The molecule has 2 rings (SSSR count). The minimum Gasteiger partial charge on any atom is -0.497 e. The van der Waals surface area contributed by atoms with Gasteiger partial charge in [0.15, 0.2) is 5.11 Å². The van der Waals surface area contributed by atoms with Crippen LogP contribution in [0, 0.1) is 0 Å². The van der Waals surface area contributed by atoms with Gasteiger partial charge in [0.2, 0.25) is 0 Å². The first-order valence-electron chi connectivity index (χ1n) is 6.56. The van der Waals surface area contributed by atoms with Crippen LogP contribution in [-0.4, -0.2) is 48.6 Å². The van der Waals surface area contributed by atoms with Crippen molar-refractivity contribution in [1.29, 1.82) is 0 Å². The molecule has 0 atom stereocenters. The number of nitrogens with zero attached hydrogens (tertiary/aromatic N) is 2. The molecule has 1 aliphatic rings. The lowest BCUT2D eigenvalue weighted by atomic mass is 10.1. The van der Waals surface area contributed by atoms with Crippen LogP contribution in [0.4, 0.5) is 0 Å². The Kier molecular flexibility index (Phi) is 4.47. The Morgan fingerprint density at radius 1 is 1.29 bits per heavy atom. The molecule has 1 aromatic rings. The van der Waals surface area contributed by atoms with Crippen LogP contribution in [0.1, 0.15) is 12.5 Å². The molecule has 6 heteroatoms. The lowest BCUT2D eigenvalue weighted by Crippen LogP contribution is -2.30. The topological polar surface area (TPSA) is 42.0 Å². The highest BCUT2D eigenvalue weighted by molar-refractivity contribution is 7.80. The van der Waals surface area contributed by atoms with Gasteiger partial charge in [-0.1, -0.05) is 0 Å². The van der Waals surface area contributed by atoms with E-state index in [4.69, 9.17) is 21.7 Å². The number of rotatable bonds is 4. The first-order chi connectivity index (χ1) is 10.0. The van der Waals surface area contributed by atoms with Crippen molar-refractivity contribution in [2.75, 3.05) is 27.8 Å². The van der Waals surface area contributed by atoms with E-state index in [1.54, 1.807) is 43.2 Å². The third-order valence-corrected chi connectivity index (χ3v) is 3.89. The summed E-state index contributed by atoms with van der Waals surface area (Å²) in [7, 11) is 4.97. The molecule has 1 aliphatic heterocycles. The maximum atomic E-state index is 12.3. The number of carbonyl (C=O) groups is 1. The highest BCUT2D eigenvalue weighted by atomic mass is 32.1. The molecule has 1 aromatic carbocycles. The molecule has 5 nitrogen and oxygen atoms in total. The van der Waals surface area contributed by atoms with E-state index < -0.39 is 0 Å². The van der Waals surface area contributed by atoms with E-state index in [0.29, 0.717) is 28.9 Å². The molecule has 112 valence electrons. The molecule has 0 N–H and O–H groups in total. The molecule has 1 amide bonds. The number of hydrogen-bond donors (Lipinski definition) is 0. The quantitative estimate of drug-likeness (QED) is 0.630. The molecule has 0 unspecified atom stereocenters. The Morgan fingerprint density at radius 2 is 2.00 bits per heavy atom. The van der Waals surface area contributed by atoms with Gasteiger partial charge in [-0.2, -0.15) is 0 Å². The van der Waals surface area contributed by atoms with E-state index >= 15 is 0 Å². The van der Waals surface area contributed by atoms with Gasteiger partial charge < -0.3 is 14.4 Å². The molecule has 0 saturated carbocycles. The van der Waals surface area contributed by atoms with Crippen molar-refractivity contribution in [3.63, 3.8) is 0 Å². The highest BCUT2D eigenvalue weighted by Gasteiger charge is 2.34. The van der Waals surface area contributed by atoms with Crippen LogP contribution in [0.15, 0.2) is 23.9 Å². The summed E-state index contributed by atoms with van der Waals surface area (Å²) < 4.78 is 10.5. The summed E-state index contributed by atoms with van der Waals surface area (Å²) in [5.41, 5.74) is 1.33. The van der Waals surface area contributed by atoms with Gasteiger partial charge in [-0.15, -0.1) is 0 Å². The van der Waals surface area contributed by atoms with Crippen LogP contribution in [0.2, 0.25) is 0 Å². The van der Waals surface area contributed by atoms with E-state index in [-0.39, 0.29) is 5.91 Å². The summed E-state index contributed by atoms with van der Waals surface area (Å²) in [5.74, 6) is 1.25. The molecular weight excluding hydrogens is 288 g/mol. The zero-order valence-electron chi connectivity index (χ0n) is 12.5. The van der Waals surface area contributed by atoms with Gasteiger partial charge in [0.25, 0.3) is 5.91 Å². The fraction of sp³-hybridized carbons (Fsp3) is 0.333. The first-order valence-corrected chi connectivity index (χ1v) is 6.97. The van der Waals surface area contributed by atoms with Crippen molar-refractivity contribution in [3.8, 4) is 11.5 Å². The summed E-state index contributed by atoms with van der Waals surface area (Å²) in [6, 6.07) is 5.45. The monoisotopic (exact) mass is 306 g/mol. The number of amides is 1. The predicted molar refractivity (Wildman–Crippen MR) is 85.3 cm³/mol. The molecule has 1 heterocycles. The number of likely N-dealkylation sites (N-methyl/N-ethyl adjacent to an activating group) is 2. The third kappa shape index (κ3) is 2.71. The second-order valence-corrected chi connectivity index (χ2v) is 4.89. The van der Waals surface area contributed by atoms with E-state index in [1.807, 2.05) is 19.1 Å². The number of methoxy groups -OCH3 is 2. The van der Waals surface area contributed by atoms with Crippen molar-refractivity contribution in [2.24, 2.45) is 0 Å². The van der Waals surface area contributed by atoms with Gasteiger partial charge in [0.05, 0.1) is 14.2 Å². The number of thiocarbonyl (C=S) groups is 1. The van der Waals surface area contributed by atoms with Crippen LogP contribution in [0.3, 0.4) is 0 Å². The summed E-state index contributed by atoms with van der Waals surface area (Å²) in [6.45, 7) is 2.45. The first kappa shape index (κ1) is 15.3. The summed E-state index contributed by atoms with van der Waals surface area (Å²) >= 11 is 5.27. The van der Waals surface area contributed by atoms with Gasteiger partial charge in [0, 0.05) is 25.2 Å². The van der Waals surface area contributed by atoms with Gasteiger partial charge >= 0.3 is 0 Å². The Morgan fingerprint density at radius 3 is 2.52 bits per heavy atom. The van der Waals surface area contributed by atoms with E-state index in [1.165, 1.54) is 0 Å². The smallest absolute Gasteiger partial charge is 0.276 e. The van der Waals surface area contributed by atoms with Crippen LogP contribution in [-0.2, 0) is 4.79 Å². The fourth-order valence-corrected chi connectivity index (χ4v) is 2.49. The maximum absolute atomic E-state index is 12.3. The third-order valence-electron chi connectivity index (χ3n) is 3.39. The normalized spacial score (nSPS) is 16.9. The molecule has 0 spiro atoms. The largest absolute Gasteiger partial charge is 0.497 e. The lowest BCUT2D eigenvalue weighted by Gasteiger charge is -2.13. The Hall–Kier alpha value is -2.08. The van der Waals surface area contributed by atoms with Gasteiger partial charge in [-0.25, -0.2) is 0 Å². The summed E-state index contributed by atoms with van der Waals surface area (Å²) in [4.78, 5) is 15.6. The van der Waals surface area contributed by atoms with E-state index in [0.717, 1.165) is 5.56 Å². The average Bonchev–Trinajstić information content (AvgIpc) is 2.71. The number of benzene rings is 1. The van der Waals surface area contributed by atoms with Crippen LogP contribution < -0.4 is 9.47 Å². The van der Waals surface area contributed by atoms with E-state index in [9.17, 15) is 4.79 Å². The second-order valence-electron chi connectivity index (χ2n) is 4.53. The maximum Gasteiger partial charge on any atom is 0.276 e. The highest BCUT2D eigenvalue weighted by Crippen LogP contribution is 2.29. The molecular formula is C15H18N2O3S. The van der Waals surface area contributed by atoms with Crippen LogP contribution in [0.25, 0.3) is 6.08 Å². The molecule has 0 bridgehead atoms. The number of carbonyl (C=O) groups excluding carboxylic acids is 1. The Bertz CT molecular complexity index is 613. The minimum atomic E-state index is -0.0946. The van der Waals surface area contributed by atoms with Crippen LogP contribution >= 0.6 is 12.2 Å². The Balaban J connectivity index is 2.44. The fourth-order valence-electron chi connectivity index (χ4n) is 2.18. The number of hydrogen-bond acceptors (Lipinski definition) is 4. The van der Waals surface area contributed by atoms with Crippen molar-refractivity contribution in [3.05, 3.63) is 29.5 Å². The molecule has 1 fully saturated rings. The summed E-state index contributed by atoms with van der Waals surface area (Å²) in [6.07, 6.45) is 1.78. The van der Waals surface area contributed by atoms with Crippen molar-refractivity contribution < 1.29 is 14.3 Å². The van der Waals surface area contributed by atoms with Gasteiger partial charge in [-0.05, 0) is 37.4 Å². The SMILES string of the molecule is CCN1C(=O)C(=Cc2ccc(OC)cc2OC)N(C)C1=S. The second kappa shape index (κ2) is 6.13.